The zero-order valence-electron chi connectivity index (χ0n) is 11.4. The molecule has 0 amide bonds. The molecule has 1 rings (SSSR count). The van der Waals surface area contributed by atoms with Gasteiger partial charge in [-0.3, -0.25) is 0 Å². The third kappa shape index (κ3) is 6.81. The largest absolute Gasteiger partial charge is 0.314 e. The van der Waals surface area contributed by atoms with Crippen molar-refractivity contribution in [3.8, 4) is 0 Å². The van der Waals surface area contributed by atoms with Gasteiger partial charge < -0.3 is 5.32 Å². The molecule has 0 heterocycles. The number of rotatable bonds is 9. The maximum Gasteiger partial charge on any atom is 0.0186 e. The van der Waals surface area contributed by atoms with E-state index in [1.165, 1.54) is 40.8 Å². The van der Waals surface area contributed by atoms with Gasteiger partial charge in [-0.15, -0.1) is 11.8 Å². The van der Waals surface area contributed by atoms with Crippen molar-refractivity contribution in [3.05, 3.63) is 28.7 Å². The first-order valence-corrected chi connectivity index (χ1v) is 8.65. The zero-order valence-corrected chi connectivity index (χ0v) is 13.8. The molecule has 0 radical (unpaired) electrons. The molecule has 0 aromatic heterocycles. The van der Waals surface area contributed by atoms with Gasteiger partial charge in [-0.25, -0.2) is 0 Å². The predicted molar refractivity (Wildman–Crippen MR) is 86.5 cm³/mol. The Morgan fingerprint density at radius 2 is 2.17 bits per heavy atom. The summed E-state index contributed by atoms with van der Waals surface area (Å²) in [6.07, 6.45) is 5.04. The van der Waals surface area contributed by atoms with Gasteiger partial charge in [0.15, 0.2) is 0 Å². The minimum atomic E-state index is 0.702. The van der Waals surface area contributed by atoms with Crippen LogP contribution in [-0.4, -0.2) is 18.3 Å². The fourth-order valence-corrected chi connectivity index (χ4v) is 3.36. The highest BCUT2D eigenvalue weighted by Gasteiger charge is 2.04. The van der Waals surface area contributed by atoms with Gasteiger partial charge in [0.1, 0.15) is 0 Å². The number of hydrogen-bond donors (Lipinski definition) is 1. The van der Waals surface area contributed by atoms with Crippen LogP contribution in [0.3, 0.4) is 0 Å². The van der Waals surface area contributed by atoms with Gasteiger partial charge >= 0.3 is 0 Å². The fraction of sp³-hybridized carbons (Fsp3) is 0.600. The molecule has 18 heavy (non-hydrogen) atoms. The first kappa shape index (κ1) is 16.1. The molecule has 0 aliphatic carbocycles. The van der Waals surface area contributed by atoms with E-state index in [1.807, 2.05) is 11.8 Å². The summed E-state index contributed by atoms with van der Waals surface area (Å²) in [5.74, 6) is 1.21. The van der Waals surface area contributed by atoms with Gasteiger partial charge in [0.25, 0.3) is 0 Å². The number of benzene rings is 1. The molecule has 0 aliphatic heterocycles. The summed E-state index contributed by atoms with van der Waals surface area (Å²) in [6, 6.07) is 9.25. The van der Waals surface area contributed by atoms with Gasteiger partial charge in [-0.1, -0.05) is 35.8 Å². The van der Waals surface area contributed by atoms with Gasteiger partial charge in [0, 0.05) is 15.4 Å². The molecule has 1 atom stereocenters. The zero-order chi connectivity index (χ0) is 13.2. The van der Waals surface area contributed by atoms with E-state index in [-0.39, 0.29) is 0 Å². The minimum absolute atomic E-state index is 0.702. The van der Waals surface area contributed by atoms with Gasteiger partial charge in [0.05, 0.1) is 0 Å². The molecule has 1 nitrogen and oxygen atoms in total. The second-order valence-corrected chi connectivity index (χ2v) is 6.59. The van der Waals surface area contributed by atoms with E-state index in [2.05, 4.69) is 59.4 Å². The van der Waals surface area contributed by atoms with Crippen LogP contribution in [0.25, 0.3) is 0 Å². The maximum absolute atomic E-state index is 3.61. The minimum Gasteiger partial charge on any atom is -0.314 e. The molecule has 102 valence electrons. The molecule has 1 unspecified atom stereocenters. The van der Waals surface area contributed by atoms with Crippen LogP contribution in [0, 0.1) is 0 Å². The van der Waals surface area contributed by atoms with Crippen molar-refractivity contribution in [1.82, 2.24) is 5.32 Å². The summed E-state index contributed by atoms with van der Waals surface area (Å²) >= 11 is 5.46. The monoisotopic (exact) mass is 329 g/mol. The molecule has 3 heteroatoms. The van der Waals surface area contributed by atoms with Crippen molar-refractivity contribution in [3.63, 3.8) is 0 Å². The Morgan fingerprint density at radius 3 is 2.83 bits per heavy atom. The summed E-state index contributed by atoms with van der Waals surface area (Å²) < 4.78 is 1.17. The number of thioether (sulfide) groups is 1. The third-order valence-corrected chi connectivity index (χ3v) is 4.51. The smallest absolute Gasteiger partial charge is 0.0186 e. The van der Waals surface area contributed by atoms with Gasteiger partial charge in [-0.2, -0.15) is 0 Å². The molecular formula is C15H24BrNS. The Balaban J connectivity index is 2.17. The molecule has 1 aromatic carbocycles. The van der Waals surface area contributed by atoms with Crippen molar-refractivity contribution >= 4 is 27.7 Å². The number of nitrogens with one attached hydrogen (secondary N) is 1. The molecule has 1 aromatic rings. The average molecular weight is 330 g/mol. The second kappa shape index (κ2) is 9.88. The van der Waals surface area contributed by atoms with Crippen LogP contribution in [0.15, 0.2) is 33.6 Å². The molecule has 1 N–H and O–H groups in total. The normalized spacial score (nSPS) is 12.6. The van der Waals surface area contributed by atoms with E-state index in [4.69, 9.17) is 0 Å². The van der Waals surface area contributed by atoms with Crippen molar-refractivity contribution in [2.24, 2.45) is 0 Å². The van der Waals surface area contributed by atoms with Crippen LogP contribution in [0.2, 0.25) is 0 Å². The molecule has 0 bridgehead atoms. The number of hydrogen-bond acceptors (Lipinski definition) is 2. The standard InChI is InChI=1S/C15H24BrNS/c1-3-10-17-14(4-2)8-6-11-18-15-9-5-7-13(16)12-15/h5,7,9,12,14,17H,3-4,6,8,10-11H2,1-2H3. The summed E-state index contributed by atoms with van der Waals surface area (Å²) in [4.78, 5) is 1.36. The molecule has 0 saturated heterocycles. The lowest BCUT2D eigenvalue weighted by Crippen LogP contribution is -2.29. The van der Waals surface area contributed by atoms with Crippen LogP contribution < -0.4 is 5.32 Å². The van der Waals surface area contributed by atoms with E-state index >= 15 is 0 Å². The lowest BCUT2D eigenvalue weighted by Gasteiger charge is -2.16. The van der Waals surface area contributed by atoms with Gasteiger partial charge in [-0.05, 0) is 56.2 Å². The van der Waals surface area contributed by atoms with Crippen LogP contribution in [-0.2, 0) is 0 Å². The first-order valence-electron chi connectivity index (χ1n) is 6.88. The number of halogens is 1. The second-order valence-electron chi connectivity index (χ2n) is 4.51. The third-order valence-electron chi connectivity index (χ3n) is 2.94. The predicted octanol–water partition coefficient (Wildman–Crippen LogP) is 5.10. The van der Waals surface area contributed by atoms with Crippen LogP contribution in [0.5, 0.6) is 0 Å². The van der Waals surface area contributed by atoms with Crippen molar-refractivity contribution in [2.45, 2.75) is 50.5 Å². The van der Waals surface area contributed by atoms with E-state index in [0.717, 1.165) is 6.54 Å². The fourth-order valence-electron chi connectivity index (χ4n) is 1.88. The lowest BCUT2D eigenvalue weighted by atomic mass is 10.1. The summed E-state index contributed by atoms with van der Waals surface area (Å²) in [5, 5.41) is 3.61. The Bertz CT molecular complexity index is 330. The Morgan fingerprint density at radius 1 is 1.33 bits per heavy atom. The first-order chi connectivity index (χ1) is 8.76. The highest BCUT2D eigenvalue weighted by atomic mass is 79.9. The average Bonchev–Trinajstić information content (AvgIpc) is 2.38. The molecule has 0 spiro atoms. The molecule has 0 saturated carbocycles. The SMILES string of the molecule is CCCNC(CC)CCCSc1cccc(Br)c1. The van der Waals surface area contributed by atoms with Gasteiger partial charge in [0.2, 0.25) is 0 Å². The Hall–Kier alpha value is 0.01000. The van der Waals surface area contributed by atoms with Crippen molar-refractivity contribution in [1.29, 1.82) is 0 Å². The highest BCUT2D eigenvalue weighted by molar-refractivity contribution is 9.10. The molecular weight excluding hydrogens is 306 g/mol. The summed E-state index contributed by atoms with van der Waals surface area (Å²) in [5.41, 5.74) is 0. The van der Waals surface area contributed by atoms with E-state index in [0.29, 0.717) is 6.04 Å². The highest BCUT2D eigenvalue weighted by Crippen LogP contribution is 2.23. The Kier molecular flexibility index (Phi) is 8.82. The lowest BCUT2D eigenvalue weighted by molar-refractivity contribution is 0.465. The maximum atomic E-state index is 3.61. The van der Waals surface area contributed by atoms with Crippen molar-refractivity contribution < 1.29 is 0 Å². The van der Waals surface area contributed by atoms with E-state index in [9.17, 15) is 0 Å². The summed E-state index contributed by atoms with van der Waals surface area (Å²) in [6.45, 7) is 5.65. The Labute approximate surface area is 124 Å². The summed E-state index contributed by atoms with van der Waals surface area (Å²) in [7, 11) is 0. The molecule has 0 aliphatic rings. The van der Waals surface area contributed by atoms with Crippen LogP contribution in [0.4, 0.5) is 0 Å². The van der Waals surface area contributed by atoms with E-state index < -0.39 is 0 Å². The van der Waals surface area contributed by atoms with E-state index in [1.54, 1.807) is 0 Å². The topological polar surface area (TPSA) is 12.0 Å². The quantitative estimate of drug-likeness (QED) is 0.499. The molecule has 0 fully saturated rings. The van der Waals surface area contributed by atoms with Crippen molar-refractivity contribution in [2.75, 3.05) is 12.3 Å². The van der Waals surface area contributed by atoms with Crippen LogP contribution in [0.1, 0.15) is 39.5 Å². The van der Waals surface area contributed by atoms with Crippen LogP contribution >= 0.6 is 27.7 Å².